The van der Waals surface area contributed by atoms with E-state index in [-0.39, 0.29) is 0 Å². The van der Waals surface area contributed by atoms with Crippen LogP contribution in [0.3, 0.4) is 0 Å². The Balaban J connectivity index is 2.15. The highest BCUT2D eigenvalue weighted by Crippen LogP contribution is 2.24. The summed E-state index contributed by atoms with van der Waals surface area (Å²) in [5.41, 5.74) is 2.22. The number of aromatic nitrogens is 2. The number of hydrogen-bond donors (Lipinski definition) is 0. The summed E-state index contributed by atoms with van der Waals surface area (Å²) in [5, 5.41) is 1.01. The van der Waals surface area contributed by atoms with Crippen LogP contribution < -0.4 is 0 Å². The molecular formula is C12H12N2S. The second-order valence-electron chi connectivity index (χ2n) is 3.41. The van der Waals surface area contributed by atoms with Gasteiger partial charge in [0.2, 0.25) is 0 Å². The van der Waals surface area contributed by atoms with Crippen molar-refractivity contribution in [3.05, 3.63) is 47.9 Å². The molecule has 0 aliphatic rings. The smallest absolute Gasteiger partial charge is 0.101 e. The van der Waals surface area contributed by atoms with E-state index in [1.54, 1.807) is 11.8 Å². The van der Waals surface area contributed by atoms with Crippen molar-refractivity contribution >= 4 is 11.8 Å². The Kier molecular flexibility index (Phi) is 3.02. The standard InChI is InChI=1S/C12H12N2S/c1-9-3-6-12(14-7-9)15-11-5-4-10(2)13-8-11/h3-8H,1-2H3. The minimum Gasteiger partial charge on any atom is -0.260 e. The largest absolute Gasteiger partial charge is 0.260 e. The van der Waals surface area contributed by atoms with Gasteiger partial charge in [-0.15, -0.1) is 0 Å². The van der Waals surface area contributed by atoms with Crippen LogP contribution in [0.15, 0.2) is 46.6 Å². The minimum atomic E-state index is 1.01. The van der Waals surface area contributed by atoms with Gasteiger partial charge in [-0.2, -0.15) is 0 Å². The first-order valence-electron chi connectivity index (χ1n) is 4.77. The summed E-state index contributed by atoms with van der Waals surface area (Å²) in [6.07, 6.45) is 3.76. The van der Waals surface area contributed by atoms with Crippen LogP contribution in [-0.2, 0) is 0 Å². The molecule has 0 aliphatic carbocycles. The fourth-order valence-corrected chi connectivity index (χ4v) is 1.87. The van der Waals surface area contributed by atoms with E-state index < -0.39 is 0 Å². The molecule has 0 unspecified atom stereocenters. The fraction of sp³-hybridized carbons (Fsp3) is 0.167. The van der Waals surface area contributed by atoms with E-state index in [1.807, 2.05) is 38.4 Å². The summed E-state index contributed by atoms with van der Waals surface area (Å²) in [7, 11) is 0. The Morgan fingerprint density at radius 3 is 2.40 bits per heavy atom. The SMILES string of the molecule is Cc1ccc(Sc2ccc(C)nc2)nc1. The molecule has 2 rings (SSSR count). The highest BCUT2D eigenvalue weighted by Gasteiger charge is 1.98. The van der Waals surface area contributed by atoms with Crippen LogP contribution in [0.2, 0.25) is 0 Å². The van der Waals surface area contributed by atoms with Crippen LogP contribution in [0.1, 0.15) is 11.3 Å². The Morgan fingerprint density at radius 2 is 1.80 bits per heavy atom. The zero-order chi connectivity index (χ0) is 10.7. The molecule has 2 heterocycles. The normalized spacial score (nSPS) is 10.3. The lowest BCUT2D eigenvalue weighted by atomic mass is 10.3. The minimum absolute atomic E-state index is 1.01. The Hall–Kier alpha value is -1.35. The molecule has 0 N–H and O–H groups in total. The molecule has 2 aromatic rings. The maximum absolute atomic E-state index is 4.33. The van der Waals surface area contributed by atoms with E-state index in [9.17, 15) is 0 Å². The van der Waals surface area contributed by atoms with Gasteiger partial charge in [0.1, 0.15) is 5.03 Å². The Bertz CT molecular complexity index is 391. The third kappa shape index (κ3) is 2.80. The third-order valence-electron chi connectivity index (χ3n) is 1.99. The van der Waals surface area contributed by atoms with E-state index in [0.717, 1.165) is 15.6 Å². The van der Waals surface area contributed by atoms with Crippen LogP contribution in [0.5, 0.6) is 0 Å². The van der Waals surface area contributed by atoms with Gasteiger partial charge in [-0.1, -0.05) is 17.8 Å². The molecule has 2 nitrogen and oxygen atoms in total. The average molecular weight is 216 g/mol. The van der Waals surface area contributed by atoms with E-state index in [4.69, 9.17) is 0 Å². The second kappa shape index (κ2) is 4.45. The lowest BCUT2D eigenvalue weighted by Gasteiger charge is -2.00. The third-order valence-corrected chi connectivity index (χ3v) is 2.92. The van der Waals surface area contributed by atoms with Gasteiger partial charge >= 0.3 is 0 Å². The summed E-state index contributed by atoms with van der Waals surface area (Å²) < 4.78 is 0. The van der Waals surface area contributed by atoms with Crippen LogP contribution in [0, 0.1) is 13.8 Å². The summed E-state index contributed by atoms with van der Waals surface area (Å²) in [5.74, 6) is 0. The maximum Gasteiger partial charge on any atom is 0.101 e. The molecule has 0 saturated carbocycles. The van der Waals surface area contributed by atoms with Gasteiger partial charge in [-0.25, -0.2) is 4.98 Å². The molecule has 0 spiro atoms. The highest BCUT2D eigenvalue weighted by atomic mass is 32.2. The van der Waals surface area contributed by atoms with Gasteiger partial charge in [0.25, 0.3) is 0 Å². The summed E-state index contributed by atoms with van der Waals surface area (Å²) >= 11 is 1.63. The Labute approximate surface area is 93.8 Å². The lowest BCUT2D eigenvalue weighted by Crippen LogP contribution is -1.83. The first-order chi connectivity index (χ1) is 7.24. The van der Waals surface area contributed by atoms with Crippen molar-refractivity contribution in [1.29, 1.82) is 0 Å². The van der Waals surface area contributed by atoms with E-state index in [2.05, 4.69) is 22.1 Å². The van der Waals surface area contributed by atoms with Crippen molar-refractivity contribution in [2.45, 2.75) is 23.8 Å². The monoisotopic (exact) mass is 216 g/mol. The number of hydrogen-bond acceptors (Lipinski definition) is 3. The van der Waals surface area contributed by atoms with Crippen molar-refractivity contribution in [2.24, 2.45) is 0 Å². The van der Waals surface area contributed by atoms with Gasteiger partial charge < -0.3 is 0 Å². The molecule has 0 aliphatic heterocycles. The molecule has 76 valence electrons. The molecule has 0 amide bonds. The predicted octanol–water partition coefficient (Wildman–Crippen LogP) is 3.24. The number of rotatable bonds is 2. The molecule has 0 fully saturated rings. The summed E-state index contributed by atoms with van der Waals surface area (Å²) in [6.45, 7) is 4.02. The molecule has 15 heavy (non-hydrogen) atoms. The van der Waals surface area contributed by atoms with Crippen molar-refractivity contribution in [1.82, 2.24) is 9.97 Å². The molecule has 0 aromatic carbocycles. The van der Waals surface area contributed by atoms with Crippen molar-refractivity contribution in [3.8, 4) is 0 Å². The van der Waals surface area contributed by atoms with Gasteiger partial charge in [-0.3, -0.25) is 4.98 Å². The predicted molar refractivity (Wildman–Crippen MR) is 62.1 cm³/mol. The van der Waals surface area contributed by atoms with Gasteiger partial charge in [0.05, 0.1) is 0 Å². The van der Waals surface area contributed by atoms with Crippen LogP contribution in [-0.4, -0.2) is 9.97 Å². The first-order valence-corrected chi connectivity index (χ1v) is 5.59. The van der Waals surface area contributed by atoms with E-state index in [1.165, 1.54) is 5.56 Å². The van der Waals surface area contributed by atoms with Crippen LogP contribution >= 0.6 is 11.8 Å². The number of nitrogens with zero attached hydrogens (tertiary/aromatic N) is 2. The van der Waals surface area contributed by atoms with Crippen molar-refractivity contribution in [2.75, 3.05) is 0 Å². The van der Waals surface area contributed by atoms with E-state index >= 15 is 0 Å². The number of aryl methyl sites for hydroxylation is 2. The summed E-state index contributed by atoms with van der Waals surface area (Å²) in [6, 6.07) is 8.17. The molecule has 0 radical (unpaired) electrons. The molecular weight excluding hydrogens is 204 g/mol. The molecule has 0 saturated heterocycles. The number of pyridine rings is 2. The summed E-state index contributed by atoms with van der Waals surface area (Å²) in [4.78, 5) is 9.70. The lowest BCUT2D eigenvalue weighted by molar-refractivity contribution is 1.10. The van der Waals surface area contributed by atoms with Gasteiger partial charge in [0.15, 0.2) is 0 Å². The molecule has 3 heteroatoms. The average Bonchev–Trinajstić information content (AvgIpc) is 2.25. The quantitative estimate of drug-likeness (QED) is 0.770. The zero-order valence-corrected chi connectivity index (χ0v) is 9.58. The van der Waals surface area contributed by atoms with Crippen LogP contribution in [0.4, 0.5) is 0 Å². The maximum atomic E-state index is 4.33. The van der Waals surface area contributed by atoms with Gasteiger partial charge in [0, 0.05) is 23.0 Å². The van der Waals surface area contributed by atoms with Gasteiger partial charge in [-0.05, 0) is 37.6 Å². The topological polar surface area (TPSA) is 25.8 Å². The first kappa shape index (κ1) is 10.2. The fourth-order valence-electron chi connectivity index (χ4n) is 1.15. The van der Waals surface area contributed by atoms with Crippen molar-refractivity contribution in [3.63, 3.8) is 0 Å². The molecule has 0 atom stereocenters. The highest BCUT2D eigenvalue weighted by molar-refractivity contribution is 7.99. The van der Waals surface area contributed by atoms with Crippen molar-refractivity contribution < 1.29 is 0 Å². The molecule has 2 aromatic heterocycles. The van der Waals surface area contributed by atoms with Crippen LogP contribution in [0.25, 0.3) is 0 Å². The van der Waals surface area contributed by atoms with E-state index in [0.29, 0.717) is 0 Å². The zero-order valence-electron chi connectivity index (χ0n) is 8.77. The Morgan fingerprint density at radius 1 is 0.933 bits per heavy atom. The second-order valence-corrected chi connectivity index (χ2v) is 4.50. The molecule has 0 bridgehead atoms.